The molecule has 11 nitrogen and oxygen atoms in total. The van der Waals surface area contributed by atoms with Crippen molar-refractivity contribution in [2.75, 3.05) is 54.3 Å². The summed E-state index contributed by atoms with van der Waals surface area (Å²) in [5.41, 5.74) is 3.93. The number of para-hydroxylation sites is 2. The molecule has 2 aromatic carbocycles. The molecule has 40 heavy (non-hydrogen) atoms. The van der Waals surface area contributed by atoms with Crippen LogP contribution in [0.5, 0.6) is 5.75 Å². The summed E-state index contributed by atoms with van der Waals surface area (Å²) < 4.78 is 13.2. The normalized spacial score (nSPS) is 17.8. The first kappa shape index (κ1) is 25.4. The quantitative estimate of drug-likeness (QED) is 0.267. The van der Waals surface area contributed by atoms with Gasteiger partial charge in [0.25, 0.3) is 0 Å². The smallest absolute Gasteiger partial charge is 0.247 e. The lowest BCUT2D eigenvalue weighted by Gasteiger charge is -2.25. The molecule has 1 amide bonds. The molecule has 2 saturated heterocycles. The van der Waals surface area contributed by atoms with Crippen molar-refractivity contribution in [3.63, 3.8) is 0 Å². The number of anilines is 6. The van der Waals surface area contributed by atoms with Crippen molar-refractivity contribution < 1.29 is 14.3 Å². The molecule has 2 unspecified atom stereocenters. The highest BCUT2D eigenvalue weighted by Gasteiger charge is 2.38. The van der Waals surface area contributed by atoms with Gasteiger partial charge in [-0.2, -0.15) is 5.10 Å². The van der Waals surface area contributed by atoms with Crippen LogP contribution >= 0.6 is 0 Å². The highest BCUT2D eigenvalue weighted by atomic mass is 16.5. The van der Waals surface area contributed by atoms with Gasteiger partial charge in [-0.3, -0.25) is 4.79 Å². The molecule has 2 aromatic heterocycles. The maximum Gasteiger partial charge on any atom is 0.247 e. The number of nitrogens with zero attached hydrogens (tertiary/aromatic N) is 5. The third-order valence-corrected chi connectivity index (χ3v) is 7.19. The van der Waals surface area contributed by atoms with Gasteiger partial charge in [0, 0.05) is 49.5 Å². The maximum absolute atomic E-state index is 12.3. The van der Waals surface area contributed by atoms with Gasteiger partial charge in [0.1, 0.15) is 23.7 Å². The molecule has 2 aliphatic heterocycles. The van der Waals surface area contributed by atoms with Gasteiger partial charge in [-0.05, 0) is 30.3 Å². The highest BCUT2D eigenvalue weighted by molar-refractivity contribution is 6.02. The van der Waals surface area contributed by atoms with Crippen molar-refractivity contribution in [3.8, 4) is 11.4 Å². The molecule has 2 fully saturated rings. The van der Waals surface area contributed by atoms with E-state index in [1.807, 2.05) is 48.7 Å². The van der Waals surface area contributed by atoms with Crippen molar-refractivity contribution in [1.82, 2.24) is 19.7 Å². The Morgan fingerprint density at radius 1 is 1.00 bits per heavy atom. The molecule has 6 rings (SSSR count). The zero-order chi connectivity index (χ0) is 27.5. The van der Waals surface area contributed by atoms with Crippen LogP contribution in [0.15, 0.2) is 79.9 Å². The van der Waals surface area contributed by atoms with E-state index >= 15 is 0 Å². The fourth-order valence-electron chi connectivity index (χ4n) is 5.23. The Morgan fingerprint density at radius 2 is 1.75 bits per heavy atom. The molecule has 4 heterocycles. The SMILES string of the molecule is C=CC(=O)Nc1cc(Nc2cc(Nc3ccccc3-n3cccn3)ncn2)c(OC)cc1N1CC2COCC2C1. The average Bonchev–Trinajstić information content (AvgIpc) is 3.73. The van der Waals surface area contributed by atoms with E-state index in [0.717, 1.165) is 43.4 Å². The Balaban J connectivity index is 1.28. The van der Waals surface area contributed by atoms with Gasteiger partial charge in [0.15, 0.2) is 0 Å². The van der Waals surface area contributed by atoms with E-state index in [-0.39, 0.29) is 5.91 Å². The van der Waals surface area contributed by atoms with E-state index in [9.17, 15) is 4.79 Å². The van der Waals surface area contributed by atoms with Gasteiger partial charge in [-0.15, -0.1) is 0 Å². The molecule has 2 atom stereocenters. The van der Waals surface area contributed by atoms with Crippen LogP contribution in [0, 0.1) is 11.8 Å². The number of rotatable bonds is 9. The number of ether oxygens (including phenoxy) is 2. The monoisotopic (exact) mass is 538 g/mol. The number of hydrogen-bond acceptors (Lipinski definition) is 9. The Bertz CT molecular complexity index is 1510. The number of nitrogens with one attached hydrogen (secondary N) is 3. The third-order valence-electron chi connectivity index (χ3n) is 7.19. The van der Waals surface area contributed by atoms with Crippen molar-refractivity contribution in [2.24, 2.45) is 11.8 Å². The minimum absolute atomic E-state index is 0.288. The van der Waals surface area contributed by atoms with Crippen molar-refractivity contribution in [1.29, 1.82) is 0 Å². The Kier molecular flexibility index (Phi) is 7.02. The van der Waals surface area contributed by atoms with Crippen molar-refractivity contribution >= 4 is 40.3 Å². The second-order valence-electron chi connectivity index (χ2n) is 9.73. The molecule has 0 saturated carbocycles. The van der Waals surface area contributed by atoms with Gasteiger partial charge >= 0.3 is 0 Å². The minimum atomic E-state index is -0.288. The molecular weight excluding hydrogens is 508 g/mol. The summed E-state index contributed by atoms with van der Waals surface area (Å²) in [4.78, 5) is 23.4. The maximum atomic E-state index is 12.3. The van der Waals surface area contributed by atoms with E-state index in [4.69, 9.17) is 9.47 Å². The molecular formula is C29H30N8O3. The molecule has 204 valence electrons. The summed E-state index contributed by atoms with van der Waals surface area (Å²) in [6.45, 7) is 6.86. The summed E-state index contributed by atoms with van der Waals surface area (Å²) in [6, 6.07) is 15.3. The van der Waals surface area contributed by atoms with E-state index in [1.54, 1.807) is 24.1 Å². The third kappa shape index (κ3) is 5.19. The van der Waals surface area contributed by atoms with Gasteiger partial charge < -0.3 is 30.3 Å². The Labute approximate surface area is 231 Å². The predicted octanol–water partition coefficient (Wildman–Crippen LogP) is 4.37. The van der Waals surface area contributed by atoms with Crippen LogP contribution in [0.1, 0.15) is 0 Å². The number of carbonyl (C=O) groups is 1. The summed E-state index contributed by atoms with van der Waals surface area (Å²) in [5.74, 6) is 2.45. The zero-order valence-corrected chi connectivity index (χ0v) is 22.1. The summed E-state index contributed by atoms with van der Waals surface area (Å²) in [7, 11) is 1.62. The topological polar surface area (TPSA) is 118 Å². The van der Waals surface area contributed by atoms with Gasteiger partial charge in [-0.1, -0.05) is 18.7 Å². The lowest BCUT2D eigenvalue weighted by Crippen LogP contribution is -2.24. The number of fused-ring (bicyclic) bond motifs is 1. The van der Waals surface area contributed by atoms with Crippen LogP contribution in [-0.4, -0.2) is 59.1 Å². The fourth-order valence-corrected chi connectivity index (χ4v) is 5.23. The molecule has 0 radical (unpaired) electrons. The molecule has 2 aliphatic rings. The Morgan fingerprint density at radius 3 is 2.45 bits per heavy atom. The lowest BCUT2D eigenvalue weighted by molar-refractivity contribution is -0.111. The van der Waals surface area contributed by atoms with Crippen LogP contribution in [0.2, 0.25) is 0 Å². The molecule has 3 N–H and O–H groups in total. The fraction of sp³-hybridized carbons (Fsp3) is 0.241. The number of amides is 1. The van der Waals surface area contributed by atoms with Gasteiger partial charge in [0.05, 0.1) is 48.8 Å². The number of methoxy groups -OCH3 is 1. The molecule has 11 heteroatoms. The first-order valence-electron chi connectivity index (χ1n) is 13.0. The lowest BCUT2D eigenvalue weighted by atomic mass is 10.0. The second kappa shape index (κ2) is 11.1. The summed E-state index contributed by atoms with van der Waals surface area (Å²) >= 11 is 0. The molecule has 0 aliphatic carbocycles. The van der Waals surface area contributed by atoms with Crippen LogP contribution in [-0.2, 0) is 9.53 Å². The summed E-state index contributed by atoms with van der Waals surface area (Å²) in [5, 5.41) is 14.0. The number of hydrogen-bond donors (Lipinski definition) is 3. The number of carbonyl (C=O) groups excluding carboxylic acids is 1. The largest absolute Gasteiger partial charge is 0.494 e. The molecule has 0 spiro atoms. The van der Waals surface area contributed by atoms with Crippen LogP contribution < -0.4 is 25.6 Å². The van der Waals surface area contributed by atoms with Crippen LogP contribution in [0.3, 0.4) is 0 Å². The van der Waals surface area contributed by atoms with Crippen molar-refractivity contribution in [3.05, 3.63) is 79.9 Å². The summed E-state index contributed by atoms with van der Waals surface area (Å²) in [6.07, 6.45) is 6.36. The first-order chi connectivity index (χ1) is 19.6. The second-order valence-corrected chi connectivity index (χ2v) is 9.73. The van der Waals surface area contributed by atoms with Gasteiger partial charge in [-0.25, -0.2) is 14.6 Å². The minimum Gasteiger partial charge on any atom is -0.494 e. The first-order valence-corrected chi connectivity index (χ1v) is 13.0. The highest BCUT2D eigenvalue weighted by Crippen LogP contribution is 2.42. The zero-order valence-electron chi connectivity index (χ0n) is 22.1. The van der Waals surface area contributed by atoms with E-state index in [2.05, 4.69) is 42.5 Å². The van der Waals surface area contributed by atoms with Crippen molar-refractivity contribution in [2.45, 2.75) is 0 Å². The van der Waals surface area contributed by atoms with Gasteiger partial charge in [0.2, 0.25) is 5.91 Å². The van der Waals surface area contributed by atoms with E-state index < -0.39 is 0 Å². The van der Waals surface area contributed by atoms with Crippen LogP contribution in [0.25, 0.3) is 5.69 Å². The molecule has 0 bridgehead atoms. The number of aromatic nitrogens is 4. The standard InChI is InChI=1S/C29H30N8O3/c1-3-29(38)35-22-11-23(26(39-2)12-25(22)36-14-19-16-40-17-20(19)15-36)34-28-13-27(30-18-31-28)33-21-7-4-5-8-24(21)37-10-6-9-32-37/h3-13,18-20H,1,14-17H2,2H3,(H,35,38)(H2,30,31,33,34). The molecule has 4 aromatic rings. The van der Waals surface area contributed by atoms with E-state index in [1.165, 1.54) is 12.4 Å². The predicted molar refractivity (Wildman–Crippen MR) is 154 cm³/mol. The van der Waals surface area contributed by atoms with E-state index in [0.29, 0.717) is 40.6 Å². The average molecular weight is 539 g/mol. The van der Waals surface area contributed by atoms with Crippen LogP contribution in [0.4, 0.5) is 34.4 Å². The number of benzene rings is 2. The Hall–Kier alpha value is -4.90.